The zero-order valence-electron chi connectivity index (χ0n) is 10.8. The van der Waals surface area contributed by atoms with E-state index in [2.05, 4.69) is 18.5 Å². The van der Waals surface area contributed by atoms with Crippen LogP contribution in [-0.4, -0.2) is 15.6 Å². The first-order chi connectivity index (χ1) is 8.52. The molecule has 3 rings (SSSR count). The maximum Gasteiger partial charge on any atom is 0.117 e. The van der Waals surface area contributed by atoms with Gasteiger partial charge in [0, 0.05) is 23.5 Å². The van der Waals surface area contributed by atoms with Gasteiger partial charge in [0.1, 0.15) is 5.82 Å². The Hall–Kier alpha value is -1.06. The van der Waals surface area contributed by atoms with Crippen molar-refractivity contribution < 1.29 is 0 Å². The summed E-state index contributed by atoms with van der Waals surface area (Å²) in [6.45, 7) is 2.23. The van der Waals surface area contributed by atoms with Crippen LogP contribution in [0, 0.1) is 0 Å². The molecule has 2 atom stereocenters. The monoisotopic (exact) mass is 263 g/mol. The highest BCUT2D eigenvalue weighted by atomic mass is 35.5. The standard InChI is InChI=1S/C14H18ClN3/c1-14(7-3-4-12(14)16)13-17-10-8-9(15)5-6-11(10)18(13)2/h5-6,8,12H,3-4,7,16H2,1-2H3. The highest BCUT2D eigenvalue weighted by Crippen LogP contribution is 2.40. The van der Waals surface area contributed by atoms with Crippen LogP contribution in [0.3, 0.4) is 0 Å². The van der Waals surface area contributed by atoms with Crippen LogP contribution in [0.4, 0.5) is 0 Å². The fraction of sp³-hybridized carbons (Fsp3) is 0.500. The van der Waals surface area contributed by atoms with Crippen molar-refractivity contribution in [3.8, 4) is 0 Å². The Morgan fingerprint density at radius 2 is 2.28 bits per heavy atom. The Balaban J connectivity index is 2.21. The SMILES string of the molecule is Cn1c(C2(C)CCCC2N)nc2cc(Cl)ccc21. The molecule has 0 amide bonds. The zero-order chi connectivity index (χ0) is 12.9. The lowest BCUT2D eigenvalue weighted by Crippen LogP contribution is -2.40. The van der Waals surface area contributed by atoms with Crippen LogP contribution in [-0.2, 0) is 12.5 Å². The van der Waals surface area contributed by atoms with Crippen LogP contribution < -0.4 is 5.73 Å². The Bertz CT molecular complexity index is 604. The number of aromatic nitrogens is 2. The van der Waals surface area contributed by atoms with E-state index >= 15 is 0 Å². The molecule has 96 valence electrons. The molecule has 1 heterocycles. The van der Waals surface area contributed by atoms with Crippen molar-refractivity contribution in [2.45, 2.75) is 37.6 Å². The van der Waals surface area contributed by atoms with Gasteiger partial charge in [-0.2, -0.15) is 0 Å². The van der Waals surface area contributed by atoms with E-state index in [1.807, 2.05) is 18.2 Å². The predicted molar refractivity (Wildman–Crippen MR) is 74.9 cm³/mol. The highest BCUT2D eigenvalue weighted by molar-refractivity contribution is 6.31. The van der Waals surface area contributed by atoms with Gasteiger partial charge in [0.25, 0.3) is 0 Å². The first-order valence-electron chi connectivity index (χ1n) is 6.40. The molecule has 2 N–H and O–H groups in total. The number of nitrogens with zero attached hydrogens (tertiary/aromatic N) is 2. The summed E-state index contributed by atoms with van der Waals surface area (Å²) >= 11 is 6.03. The molecule has 1 aromatic carbocycles. The molecule has 0 saturated heterocycles. The van der Waals surface area contributed by atoms with Crippen LogP contribution in [0.25, 0.3) is 11.0 Å². The topological polar surface area (TPSA) is 43.8 Å². The minimum absolute atomic E-state index is 0.0136. The molecular weight excluding hydrogens is 246 g/mol. The van der Waals surface area contributed by atoms with Crippen LogP contribution in [0.15, 0.2) is 18.2 Å². The lowest BCUT2D eigenvalue weighted by Gasteiger charge is -2.28. The first-order valence-corrected chi connectivity index (χ1v) is 6.78. The number of benzene rings is 1. The lowest BCUT2D eigenvalue weighted by molar-refractivity contribution is 0.395. The second-order valence-electron chi connectivity index (χ2n) is 5.54. The van der Waals surface area contributed by atoms with Gasteiger partial charge in [-0.3, -0.25) is 0 Å². The molecule has 1 saturated carbocycles. The average molecular weight is 264 g/mol. The van der Waals surface area contributed by atoms with Crippen molar-refractivity contribution in [2.75, 3.05) is 0 Å². The summed E-state index contributed by atoms with van der Waals surface area (Å²) in [5.41, 5.74) is 8.35. The molecule has 1 aliphatic carbocycles. The Morgan fingerprint density at radius 1 is 1.50 bits per heavy atom. The van der Waals surface area contributed by atoms with Crippen molar-refractivity contribution in [3.63, 3.8) is 0 Å². The number of imidazole rings is 1. The van der Waals surface area contributed by atoms with E-state index < -0.39 is 0 Å². The van der Waals surface area contributed by atoms with Gasteiger partial charge in [-0.25, -0.2) is 4.98 Å². The molecule has 0 radical (unpaired) electrons. The van der Waals surface area contributed by atoms with Gasteiger partial charge in [0.2, 0.25) is 0 Å². The molecule has 1 aliphatic rings. The van der Waals surface area contributed by atoms with Crippen molar-refractivity contribution in [2.24, 2.45) is 12.8 Å². The number of hydrogen-bond donors (Lipinski definition) is 1. The van der Waals surface area contributed by atoms with Crippen LogP contribution in [0.5, 0.6) is 0 Å². The Kier molecular flexibility index (Phi) is 2.65. The molecule has 2 unspecified atom stereocenters. The lowest BCUT2D eigenvalue weighted by atomic mass is 9.84. The number of fused-ring (bicyclic) bond motifs is 1. The van der Waals surface area contributed by atoms with E-state index in [1.165, 1.54) is 6.42 Å². The fourth-order valence-electron chi connectivity index (χ4n) is 3.15. The number of nitrogens with two attached hydrogens (primary N) is 1. The third-order valence-electron chi connectivity index (χ3n) is 4.38. The minimum Gasteiger partial charge on any atom is -0.331 e. The zero-order valence-corrected chi connectivity index (χ0v) is 11.5. The molecule has 18 heavy (non-hydrogen) atoms. The van der Waals surface area contributed by atoms with Crippen molar-refractivity contribution in [1.29, 1.82) is 0 Å². The fourth-order valence-corrected chi connectivity index (χ4v) is 3.32. The number of hydrogen-bond acceptors (Lipinski definition) is 2. The molecule has 1 fully saturated rings. The Labute approximate surface area is 112 Å². The van der Waals surface area contributed by atoms with Gasteiger partial charge in [0.15, 0.2) is 0 Å². The van der Waals surface area contributed by atoms with E-state index in [0.717, 1.165) is 34.7 Å². The molecule has 0 aliphatic heterocycles. The average Bonchev–Trinajstić information content (AvgIpc) is 2.82. The van der Waals surface area contributed by atoms with E-state index in [-0.39, 0.29) is 11.5 Å². The predicted octanol–water partition coefficient (Wildman–Crippen LogP) is 3.00. The van der Waals surface area contributed by atoms with Gasteiger partial charge in [0.05, 0.1) is 11.0 Å². The maximum absolute atomic E-state index is 6.29. The van der Waals surface area contributed by atoms with Crippen LogP contribution in [0.2, 0.25) is 5.02 Å². The summed E-state index contributed by atoms with van der Waals surface area (Å²) < 4.78 is 2.16. The summed E-state index contributed by atoms with van der Waals surface area (Å²) in [5, 5.41) is 0.730. The number of aryl methyl sites for hydroxylation is 1. The summed E-state index contributed by atoms with van der Waals surface area (Å²) in [4.78, 5) is 4.78. The van der Waals surface area contributed by atoms with E-state index in [4.69, 9.17) is 22.3 Å². The maximum atomic E-state index is 6.29. The molecule has 4 heteroatoms. The second kappa shape index (κ2) is 3.97. The molecule has 2 aromatic rings. The Morgan fingerprint density at radius 3 is 2.94 bits per heavy atom. The minimum atomic E-state index is -0.0136. The third kappa shape index (κ3) is 1.57. The van der Waals surface area contributed by atoms with Crippen LogP contribution in [0.1, 0.15) is 32.0 Å². The van der Waals surface area contributed by atoms with E-state index in [1.54, 1.807) is 0 Å². The summed E-state index contributed by atoms with van der Waals surface area (Å²) in [7, 11) is 2.06. The van der Waals surface area contributed by atoms with Crippen molar-refractivity contribution in [3.05, 3.63) is 29.0 Å². The van der Waals surface area contributed by atoms with E-state index in [9.17, 15) is 0 Å². The van der Waals surface area contributed by atoms with Gasteiger partial charge in [-0.1, -0.05) is 24.9 Å². The summed E-state index contributed by atoms with van der Waals surface area (Å²) in [5.74, 6) is 1.09. The number of rotatable bonds is 1. The quantitative estimate of drug-likeness (QED) is 0.860. The number of halogens is 1. The molecule has 3 nitrogen and oxygen atoms in total. The summed E-state index contributed by atoms with van der Waals surface area (Å²) in [6.07, 6.45) is 3.38. The van der Waals surface area contributed by atoms with Gasteiger partial charge in [-0.05, 0) is 31.0 Å². The van der Waals surface area contributed by atoms with E-state index in [0.29, 0.717) is 0 Å². The van der Waals surface area contributed by atoms with Crippen molar-refractivity contribution >= 4 is 22.6 Å². The first kappa shape index (κ1) is 12.0. The second-order valence-corrected chi connectivity index (χ2v) is 5.98. The smallest absolute Gasteiger partial charge is 0.117 e. The normalized spacial score (nSPS) is 28.1. The molecule has 0 spiro atoms. The van der Waals surface area contributed by atoms with Crippen molar-refractivity contribution in [1.82, 2.24) is 9.55 Å². The third-order valence-corrected chi connectivity index (χ3v) is 4.62. The largest absolute Gasteiger partial charge is 0.331 e. The van der Waals surface area contributed by atoms with Gasteiger partial charge < -0.3 is 10.3 Å². The highest BCUT2D eigenvalue weighted by Gasteiger charge is 2.41. The molecular formula is C14H18ClN3. The molecule has 1 aromatic heterocycles. The molecule has 0 bridgehead atoms. The summed E-state index contributed by atoms with van der Waals surface area (Å²) in [6, 6.07) is 6.05. The van der Waals surface area contributed by atoms with Gasteiger partial charge in [-0.15, -0.1) is 0 Å². The van der Waals surface area contributed by atoms with Gasteiger partial charge >= 0.3 is 0 Å². The van der Waals surface area contributed by atoms with Crippen LogP contribution >= 0.6 is 11.6 Å².